The molecule has 1 amide bonds. The van der Waals surface area contributed by atoms with E-state index in [4.69, 9.17) is 10.6 Å². The van der Waals surface area contributed by atoms with Gasteiger partial charge in [-0.1, -0.05) is 6.07 Å². The van der Waals surface area contributed by atoms with Gasteiger partial charge in [-0.3, -0.25) is 24.1 Å². The largest absolute Gasteiger partial charge is 0.510 e. The number of aliphatic hydroxyl groups is 2. The number of carbonyl (C=O) groups is 3. The van der Waals surface area contributed by atoms with Crippen molar-refractivity contribution in [1.29, 1.82) is 0 Å². The number of nitrogens with one attached hydrogen (secondary N) is 1. The van der Waals surface area contributed by atoms with E-state index in [0.717, 1.165) is 0 Å². The Morgan fingerprint density at radius 3 is 2.57 bits per heavy atom. The lowest BCUT2D eigenvalue weighted by Gasteiger charge is -2.46. The molecule has 0 spiro atoms. The lowest BCUT2D eigenvalue weighted by atomic mass is 9.59. The van der Waals surface area contributed by atoms with Crippen LogP contribution in [-0.2, 0) is 32.2 Å². The average Bonchev–Trinajstić information content (AvgIpc) is 2.77. The van der Waals surface area contributed by atoms with Crippen molar-refractivity contribution in [2.45, 2.75) is 25.4 Å². The predicted octanol–water partition coefficient (Wildman–Crippen LogP) is 0.840. The second-order valence-electron chi connectivity index (χ2n) is 9.26. The molecule has 3 aliphatic carbocycles. The number of hydrogen-bond donors (Lipinski definition) is 5. The third kappa shape index (κ3) is 3.99. The molecule has 1 aromatic rings. The second kappa shape index (κ2) is 9.40. The number of alkyl halides is 1. The lowest BCUT2D eigenvalue weighted by molar-refractivity contribution is -0.136. The summed E-state index contributed by atoms with van der Waals surface area (Å²) >= 11 is 0. The lowest BCUT2D eigenvalue weighted by Crippen LogP contribution is -2.55. The Kier molecular flexibility index (Phi) is 6.67. The maximum absolute atomic E-state index is 13.6. The van der Waals surface area contributed by atoms with Crippen LogP contribution in [0.4, 0.5) is 4.39 Å². The van der Waals surface area contributed by atoms with Crippen LogP contribution in [0.5, 0.6) is 5.75 Å². The number of aliphatic hydroxyl groups excluding tert-OH is 2. The fraction of sp³-hybridized carbons (Fsp3) is 0.458. The maximum Gasteiger partial charge on any atom is 0.255 e. The van der Waals surface area contributed by atoms with Crippen LogP contribution in [0.25, 0.3) is 5.76 Å². The Labute approximate surface area is 200 Å². The van der Waals surface area contributed by atoms with Gasteiger partial charge in [0.15, 0.2) is 11.6 Å². The number of halogens is 1. The molecule has 0 aromatic heterocycles. The Hall–Kier alpha value is -3.28. The number of likely N-dealkylation sites (N-methyl/N-ethyl adjacent to an activating group) is 1. The van der Waals surface area contributed by atoms with Crippen molar-refractivity contribution in [3.63, 3.8) is 0 Å². The summed E-state index contributed by atoms with van der Waals surface area (Å²) in [7, 11) is 3.32. The van der Waals surface area contributed by atoms with E-state index in [0.29, 0.717) is 11.1 Å². The van der Waals surface area contributed by atoms with Gasteiger partial charge < -0.3 is 21.1 Å². The minimum absolute atomic E-state index is 0.0175. The van der Waals surface area contributed by atoms with E-state index in [-0.39, 0.29) is 42.9 Å². The highest BCUT2D eigenvalue weighted by molar-refractivity contribution is 6.28. The van der Waals surface area contributed by atoms with Gasteiger partial charge in [-0.2, -0.15) is 5.48 Å². The third-order valence-electron chi connectivity index (χ3n) is 7.09. The molecule has 11 heteroatoms. The molecule has 0 radical (unpaired) electrons. The minimum Gasteiger partial charge on any atom is -0.510 e. The number of carbonyl (C=O) groups excluding carboxylic acids is 3. The Morgan fingerprint density at radius 2 is 1.94 bits per heavy atom. The molecular formula is C24H28FN3O7. The molecule has 0 aliphatic heterocycles. The summed E-state index contributed by atoms with van der Waals surface area (Å²) < 4.78 is 12.3. The summed E-state index contributed by atoms with van der Waals surface area (Å²) in [6.07, 6.45) is 0.542. The summed E-state index contributed by atoms with van der Waals surface area (Å²) in [5, 5.41) is 32.4. The molecule has 0 unspecified atom stereocenters. The standard InChI is InChI=1S/C24H28FN3O7/c1-28(2)19-13-8-11-7-12-10(9-27-35-6-5-25)3-4-14(29)16(12)20(30)15(11)21(31)17(13)22(32)18(23(19)33)24(26)34/h3-4,11,13,17,19,27,29-30,33H,5-9H2,1-2H3,(H2,26,34)/t11-,13+,17+,19-/m0/s1. The van der Waals surface area contributed by atoms with Crippen LogP contribution < -0.4 is 11.2 Å². The van der Waals surface area contributed by atoms with Crippen LogP contribution in [0.15, 0.2) is 29.0 Å². The quantitative estimate of drug-likeness (QED) is 0.162. The number of benzene rings is 1. The zero-order valence-electron chi connectivity index (χ0n) is 19.4. The first-order valence-corrected chi connectivity index (χ1v) is 11.3. The molecule has 4 atom stereocenters. The van der Waals surface area contributed by atoms with Gasteiger partial charge in [-0.15, -0.1) is 0 Å². The molecule has 1 saturated carbocycles. The number of nitrogens with zero attached hydrogens (tertiary/aromatic N) is 1. The van der Waals surface area contributed by atoms with Gasteiger partial charge in [-0.25, -0.2) is 4.39 Å². The Balaban J connectivity index is 1.79. The summed E-state index contributed by atoms with van der Waals surface area (Å²) in [6, 6.07) is 2.22. The van der Waals surface area contributed by atoms with E-state index < -0.39 is 65.0 Å². The van der Waals surface area contributed by atoms with Crippen LogP contribution in [0.3, 0.4) is 0 Å². The summed E-state index contributed by atoms with van der Waals surface area (Å²) in [6.45, 7) is -0.632. The minimum atomic E-state index is -1.29. The van der Waals surface area contributed by atoms with Crippen LogP contribution in [-0.4, -0.2) is 71.1 Å². The van der Waals surface area contributed by atoms with Crippen LogP contribution in [0, 0.1) is 17.8 Å². The van der Waals surface area contributed by atoms with Gasteiger partial charge in [0.1, 0.15) is 29.5 Å². The highest BCUT2D eigenvalue weighted by atomic mass is 19.1. The van der Waals surface area contributed by atoms with Crippen molar-refractivity contribution < 1.29 is 38.9 Å². The van der Waals surface area contributed by atoms with Crippen LogP contribution >= 0.6 is 0 Å². The van der Waals surface area contributed by atoms with E-state index in [1.807, 2.05) is 0 Å². The van der Waals surface area contributed by atoms with Crippen LogP contribution in [0.1, 0.15) is 23.1 Å². The van der Waals surface area contributed by atoms with Crippen molar-refractivity contribution in [3.05, 3.63) is 45.7 Å². The number of aromatic hydroxyl groups is 1. The van der Waals surface area contributed by atoms with E-state index >= 15 is 0 Å². The number of phenols is 1. The molecular weight excluding hydrogens is 461 g/mol. The molecule has 1 fully saturated rings. The molecule has 1 aromatic carbocycles. The van der Waals surface area contributed by atoms with E-state index in [1.165, 1.54) is 6.07 Å². The average molecular weight is 490 g/mol. The summed E-state index contributed by atoms with van der Waals surface area (Å²) in [5.74, 6) is -6.18. The highest BCUT2D eigenvalue weighted by Gasteiger charge is 2.55. The number of hydrogen-bond acceptors (Lipinski definition) is 9. The van der Waals surface area contributed by atoms with E-state index in [2.05, 4.69) is 5.48 Å². The van der Waals surface area contributed by atoms with Gasteiger partial charge in [0.25, 0.3) is 5.91 Å². The number of hydroxylamine groups is 1. The third-order valence-corrected chi connectivity index (χ3v) is 7.09. The monoisotopic (exact) mass is 489 g/mol. The molecule has 10 nitrogen and oxygen atoms in total. The molecule has 6 N–H and O–H groups in total. The van der Waals surface area contributed by atoms with Gasteiger partial charge in [-0.05, 0) is 56.0 Å². The fourth-order valence-corrected chi connectivity index (χ4v) is 5.74. The van der Waals surface area contributed by atoms with E-state index in [1.54, 1.807) is 25.1 Å². The van der Waals surface area contributed by atoms with Crippen molar-refractivity contribution in [3.8, 4) is 5.75 Å². The zero-order valence-corrected chi connectivity index (χ0v) is 19.4. The number of ketones is 2. The first kappa shape index (κ1) is 24.8. The van der Waals surface area contributed by atoms with Gasteiger partial charge in [0.2, 0.25) is 0 Å². The molecule has 0 saturated heterocycles. The van der Waals surface area contributed by atoms with Crippen molar-refractivity contribution >= 4 is 23.2 Å². The second-order valence-corrected chi connectivity index (χ2v) is 9.26. The molecule has 0 heterocycles. The SMILES string of the molecule is CN(C)[C@@H]1C(O)=C(C(N)=O)C(=O)[C@H]2C(=O)C3=C(O)c4c(O)ccc(CNOCCF)c4C[C@H]3C[C@H]21. The first-order valence-electron chi connectivity index (χ1n) is 11.3. The number of primary amides is 1. The smallest absolute Gasteiger partial charge is 0.255 e. The molecule has 188 valence electrons. The summed E-state index contributed by atoms with van der Waals surface area (Å²) in [4.78, 5) is 45.4. The predicted molar refractivity (Wildman–Crippen MR) is 122 cm³/mol. The first-order chi connectivity index (χ1) is 16.6. The maximum atomic E-state index is 13.6. The zero-order chi connectivity index (χ0) is 25.6. The molecule has 4 rings (SSSR count). The number of nitrogens with two attached hydrogens (primary N) is 1. The topological polar surface area (TPSA) is 162 Å². The van der Waals surface area contributed by atoms with Crippen molar-refractivity contribution in [1.82, 2.24) is 10.4 Å². The number of amides is 1. The van der Waals surface area contributed by atoms with Gasteiger partial charge in [0.05, 0.1) is 24.1 Å². The number of Topliss-reactive ketones (excluding diaryl/α,β-unsaturated/α-hetero) is 2. The number of fused-ring (bicyclic) bond motifs is 3. The normalized spacial score (nSPS) is 26.1. The Bertz CT molecular complexity index is 1160. The van der Waals surface area contributed by atoms with Crippen molar-refractivity contribution in [2.24, 2.45) is 23.5 Å². The molecule has 35 heavy (non-hydrogen) atoms. The Morgan fingerprint density at radius 1 is 1.23 bits per heavy atom. The summed E-state index contributed by atoms with van der Waals surface area (Å²) in [5.41, 5.74) is 8.78. The number of rotatable bonds is 7. The fourth-order valence-electron chi connectivity index (χ4n) is 5.74. The van der Waals surface area contributed by atoms with Crippen LogP contribution in [0.2, 0.25) is 0 Å². The number of phenolic OH excluding ortho intramolecular Hbond substituents is 1. The highest BCUT2D eigenvalue weighted by Crippen LogP contribution is 2.50. The molecule has 0 bridgehead atoms. The van der Waals surface area contributed by atoms with Crippen molar-refractivity contribution in [2.75, 3.05) is 27.4 Å². The van der Waals surface area contributed by atoms with Gasteiger partial charge in [0, 0.05) is 12.1 Å². The van der Waals surface area contributed by atoms with Gasteiger partial charge >= 0.3 is 0 Å². The number of allylic oxidation sites excluding steroid dienone is 1. The van der Waals surface area contributed by atoms with E-state index in [9.17, 15) is 34.1 Å². The molecule has 3 aliphatic rings.